The van der Waals surface area contributed by atoms with Gasteiger partial charge in [-0.1, -0.05) is 109 Å². The molecule has 8 aromatic rings. The second-order valence-corrected chi connectivity index (χ2v) is 16.2. The molecule has 4 bridgehead atoms. The summed E-state index contributed by atoms with van der Waals surface area (Å²) >= 11 is 0. The number of anilines is 6. The standard InChI is InChI=1S/C52H44N2O/c1-4-13-42(14-5-1)53(43-15-6-2-7-16-43)45-27-23-38(24-28-45)52(40-32-36-31-37(34-40)35-41(52)33-36)39-25-29-46(30-26-39)54(44-17-8-3-9-18-44)49-21-12-20-48-47-19-10-11-22-50(47)55-51(48)49/h1-30,36-37,40-41H,31-35H2. The van der Waals surface area contributed by atoms with E-state index in [1.165, 1.54) is 60.3 Å². The Kier molecular flexibility index (Phi) is 7.69. The first-order valence-electron chi connectivity index (χ1n) is 20.1. The van der Waals surface area contributed by atoms with Gasteiger partial charge in [-0.3, -0.25) is 0 Å². The number of benzene rings is 7. The Bertz CT molecular complexity index is 2530. The molecule has 1 heterocycles. The molecule has 7 aromatic carbocycles. The van der Waals surface area contributed by atoms with Crippen LogP contribution < -0.4 is 9.80 Å². The molecule has 12 rings (SSSR count). The summed E-state index contributed by atoms with van der Waals surface area (Å²) in [6.07, 6.45) is 6.77. The maximum atomic E-state index is 6.60. The van der Waals surface area contributed by atoms with Crippen molar-refractivity contribution in [3.05, 3.63) is 193 Å². The SMILES string of the molecule is c1ccc(N(c2ccccc2)c2ccc(C3(c4ccc(N(c5ccccc5)c5cccc6c5oc5ccccc56)cc4)C4CC5CC(C4)CC3C5)cc2)cc1. The van der Waals surface area contributed by atoms with Crippen molar-refractivity contribution in [2.75, 3.05) is 9.80 Å². The molecule has 55 heavy (non-hydrogen) atoms. The number of hydrogen-bond donors (Lipinski definition) is 0. The predicted molar refractivity (Wildman–Crippen MR) is 227 cm³/mol. The minimum atomic E-state index is -0.00880. The summed E-state index contributed by atoms with van der Waals surface area (Å²) in [5.41, 5.74) is 11.6. The van der Waals surface area contributed by atoms with Crippen molar-refractivity contribution in [2.45, 2.75) is 37.5 Å². The van der Waals surface area contributed by atoms with Crippen molar-refractivity contribution < 1.29 is 4.42 Å². The van der Waals surface area contributed by atoms with Gasteiger partial charge in [0.25, 0.3) is 0 Å². The molecule has 4 aliphatic carbocycles. The maximum absolute atomic E-state index is 6.60. The fourth-order valence-electron chi connectivity index (χ4n) is 11.3. The van der Waals surface area contributed by atoms with Gasteiger partial charge < -0.3 is 14.2 Å². The first-order chi connectivity index (χ1) is 27.2. The lowest BCUT2D eigenvalue weighted by molar-refractivity contribution is -0.0418. The summed E-state index contributed by atoms with van der Waals surface area (Å²) in [7, 11) is 0. The van der Waals surface area contributed by atoms with Gasteiger partial charge >= 0.3 is 0 Å². The van der Waals surface area contributed by atoms with Gasteiger partial charge in [-0.25, -0.2) is 0 Å². The zero-order valence-electron chi connectivity index (χ0n) is 31.0. The highest BCUT2D eigenvalue weighted by molar-refractivity contribution is 6.10. The van der Waals surface area contributed by atoms with Crippen LogP contribution in [0.4, 0.5) is 34.1 Å². The number of hydrogen-bond acceptors (Lipinski definition) is 3. The third-order valence-corrected chi connectivity index (χ3v) is 13.3. The Hall–Kier alpha value is -6.06. The van der Waals surface area contributed by atoms with Crippen molar-refractivity contribution in [3.63, 3.8) is 0 Å². The van der Waals surface area contributed by atoms with Crippen LogP contribution in [0.3, 0.4) is 0 Å². The van der Waals surface area contributed by atoms with Crippen molar-refractivity contribution >= 4 is 56.1 Å². The number of fused-ring (bicyclic) bond motifs is 3. The van der Waals surface area contributed by atoms with E-state index in [-0.39, 0.29) is 5.41 Å². The topological polar surface area (TPSA) is 19.6 Å². The van der Waals surface area contributed by atoms with E-state index in [0.29, 0.717) is 11.8 Å². The predicted octanol–water partition coefficient (Wildman–Crippen LogP) is 14.3. The highest BCUT2D eigenvalue weighted by atomic mass is 16.3. The zero-order valence-corrected chi connectivity index (χ0v) is 31.0. The second kappa shape index (κ2) is 13.1. The van der Waals surface area contributed by atoms with Crippen LogP contribution in [-0.4, -0.2) is 0 Å². The van der Waals surface area contributed by atoms with Crippen LogP contribution >= 0.6 is 0 Å². The summed E-state index contributed by atoms with van der Waals surface area (Å²) in [6.45, 7) is 0. The summed E-state index contributed by atoms with van der Waals surface area (Å²) in [6, 6.07) is 66.5. The fourth-order valence-corrected chi connectivity index (χ4v) is 11.3. The Morgan fingerprint density at radius 2 is 0.818 bits per heavy atom. The molecule has 0 atom stereocenters. The van der Waals surface area contributed by atoms with Crippen molar-refractivity contribution in [1.29, 1.82) is 0 Å². The van der Waals surface area contributed by atoms with Gasteiger partial charge in [0.15, 0.2) is 5.58 Å². The van der Waals surface area contributed by atoms with E-state index in [9.17, 15) is 0 Å². The molecule has 0 amide bonds. The van der Waals surface area contributed by atoms with E-state index in [1.54, 1.807) is 0 Å². The number of nitrogens with zero attached hydrogens (tertiary/aromatic N) is 2. The molecule has 0 radical (unpaired) electrons. The van der Waals surface area contributed by atoms with Gasteiger partial charge in [-0.05, 0) is 140 Å². The molecular weight excluding hydrogens is 669 g/mol. The van der Waals surface area contributed by atoms with Gasteiger partial charge in [-0.15, -0.1) is 0 Å². The molecule has 3 nitrogen and oxygen atoms in total. The van der Waals surface area contributed by atoms with Crippen LogP contribution in [0.5, 0.6) is 0 Å². The van der Waals surface area contributed by atoms with Crippen LogP contribution in [-0.2, 0) is 5.41 Å². The zero-order chi connectivity index (χ0) is 36.3. The fraction of sp³-hybridized carbons (Fsp3) is 0.192. The summed E-state index contributed by atoms with van der Waals surface area (Å²) in [5, 5.41) is 2.29. The summed E-state index contributed by atoms with van der Waals surface area (Å²) in [5.74, 6) is 3.04. The van der Waals surface area contributed by atoms with Gasteiger partial charge in [0.05, 0.1) is 5.69 Å². The minimum Gasteiger partial charge on any atom is -0.454 e. The number of rotatable bonds is 8. The third kappa shape index (κ3) is 5.24. The molecule has 4 saturated carbocycles. The molecule has 0 saturated heterocycles. The van der Waals surface area contributed by atoms with Crippen molar-refractivity contribution in [3.8, 4) is 0 Å². The lowest BCUT2D eigenvalue weighted by atomic mass is 9.42. The Labute approximate surface area is 323 Å². The van der Waals surface area contributed by atoms with E-state index in [2.05, 4.69) is 186 Å². The highest BCUT2D eigenvalue weighted by Crippen LogP contribution is 2.65. The first-order valence-corrected chi connectivity index (χ1v) is 20.1. The molecule has 268 valence electrons. The first kappa shape index (κ1) is 32.4. The van der Waals surface area contributed by atoms with Crippen LogP contribution in [0.2, 0.25) is 0 Å². The van der Waals surface area contributed by atoms with E-state index in [1.807, 2.05) is 6.07 Å². The normalized spacial score (nSPS) is 22.6. The monoisotopic (exact) mass is 712 g/mol. The van der Waals surface area contributed by atoms with Crippen LogP contribution in [0.15, 0.2) is 186 Å². The maximum Gasteiger partial charge on any atom is 0.159 e. The van der Waals surface area contributed by atoms with Crippen molar-refractivity contribution in [1.82, 2.24) is 0 Å². The molecule has 0 N–H and O–H groups in total. The summed E-state index contributed by atoms with van der Waals surface area (Å²) in [4.78, 5) is 4.75. The van der Waals surface area contributed by atoms with Crippen LogP contribution in [0.25, 0.3) is 21.9 Å². The minimum absolute atomic E-state index is 0.00880. The number of furan rings is 1. The van der Waals surface area contributed by atoms with E-state index in [4.69, 9.17) is 4.42 Å². The highest BCUT2D eigenvalue weighted by Gasteiger charge is 2.58. The molecule has 4 aliphatic rings. The summed E-state index contributed by atoms with van der Waals surface area (Å²) < 4.78 is 6.60. The van der Waals surface area contributed by atoms with Crippen LogP contribution in [0, 0.1) is 23.7 Å². The number of para-hydroxylation sites is 5. The molecule has 3 heteroatoms. The molecule has 0 unspecified atom stereocenters. The van der Waals surface area contributed by atoms with E-state index >= 15 is 0 Å². The quantitative estimate of drug-likeness (QED) is 0.156. The second-order valence-electron chi connectivity index (χ2n) is 16.2. The van der Waals surface area contributed by atoms with Gasteiger partial charge in [0, 0.05) is 44.6 Å². The third-order valence-electron chi connectivity index (χ3n) is 13.3. The largest absolute Gasteiger partial charge is 0.454 e. The Morgan fingerprint density at radius 3 is 1.36 bits per heavy atom. The average molecular weight is 713 g/mol. The van der Waals surface area contributed by atoms with Crippen molar-refractivity contribution in [2.24, 2.45) is 23.7 Å². The molecule has 0 aliphatic heterocycles. The van der Waals surface area contributed by atoms with Crippen LogP contribution in [0.1, 0.15) is 43.2 Å². The Morgan fingerprint density at radius 1 is 0.382 bits per heavy atom. The lowest BCUT2D eigenvalue weighted by Gasteiger charge is -2.62. The molecule has 0 spiro atoms. The van der Waals surface area contributed by atoms with Gasteiger partial charge in [0.1, 0.15) is 5.58 Å². The van der Waals surface area contributed by atoms with Gasteiger partial charge in [-0.2, -0.15) is 0 Å². The van der Waals surface area contributed by atoms with Gasteiger partial charge in [0.2, 0.25) is 0 Å². The average Bonchev–Trinajstić information content (AvgIpc) is 3.63. The van der Waals surface area contributed by atoms with E-state index in [0.717, 1.165) is 50.8 Å². The smallest absolute Gasteiger partial charge is 0.159 e. The molecular formula is C52H44N2O. The van der Waals surface area contributed by atoms with E-state index < -0.39 is 0 Å². The Balaban J connectivity index is 1.03. The molecule has 4 fully saturated rings. The molecule has 1 aromatic heterocycles. The lowest BCUT2D eigenvalue weighted by Crippen LogP contribution is -2.56.